The van der Waals surface area contributed by atoms with Crippen LogP contribution in [0, 0.1) is 5.92 Å². The van der Waals surface area contributed by atoms with E-state index in [0.717, 1.165) is 25.7 Å². The molecule has 0 amide bonds. The normalized spacial score (nSPS) is 28.8. The first-order valence-corrected chi connectivity index (χ1v) is 8.39. The van der Waals surface area contributed by atoms with E-state index in [-0.39, 0.29) is 0 Å². The van der Waals surface area contributed by atoms with Crippen molar-refractivity contribution in [1.29, 1.82) is 0 Å². The Morgan fingerprint density at radius 3 is 2.62 bits per heavy atom. The minimum Gasteiger partial charge on any atom is -0.381 e. The lowest BCUT2D eigenvalue weighted by Gasteiger charge is -2.30. The fourth-order valence-corrected chi connectivity index (χ4v) is 3.85. The van der Waals surface area contributed by atoms with Crippen LogP contribution < -0.4 is 10.2 Å². The van der Waals surface area contributed by atoms with Gasteiger partial charge in [-0.25, -0.2) is 0 Å². The molecule has 21 heavy (non-hydrogen) atoms. The quantitative estimate of drug-likeness (QED) is 0.921. The summed E-state index contributed by atoms with van der Waals surface area (Å²) < 4.78 is 5.48. The monoisotopic (exact) mass is 288 g/mol. The van der Waals surface area contributed by atoms with Crippen molar-refractivity contribution in [2.24, 2.45) is 5.92 Å². The van der Waals surface area contributed by atoms with Gasteiger partial charge in [0.1, 0.15) is 0 Å². The first kappa shape index (κ1) is 14.9. The number of hydrogen-bond donors (Lipinski definition) is 1. The minimum absolute atomic E-state index is 0.599. The van der Waals surface area contributed by atoms with Gasteiger partial charge in [0, 0.05) is 43.6 Å². The third-order valence-corrected chi connectivity index (χ3v) is 5.13. The summed E-state index contributed by atoms with van der Waals surface area (Å²) in [5, 5.41) is 3.88. The molecule has 2 heterocycles. The highest BCUT2D eigenvalue weighted by Crippen LogP contribution is 2.26. The Labute approximate surface area is 128 Å². The van der Waals surface area contributed by atoms with Crippen molar-refractivity contribution in [2.75, 3.05) is 24.7 Å². The minimum atomic E-state index is 0.599. The van der Waals surface area contributed by atoms with Gasteiger partial charge in [-0.05, 0) is 51.2 Å². The number of nitrogens with zero attached hydrogens (tertiary/aromatic N) is 1. The van der Waals surface area contributed by atoms with Crippen LogP contribution in [0.4, 0.5) is 5.69 Å². The Hall–Kier alpha value is -1.06. The Morgan fingerprint density at radius 1 is 1.19 bits per heavy atom. The second kappa shape index (κ2) is 6.80. The van der Waals surface area contributed by atoms with Crippen LogP contribution in [0.5, 0.6) is 0 Å². The molecule has 1 N–H and O–H groups in total. The molecule has 0 unspecified atom stereocenters. The largest absolute Gasteiger partial charge is 0.381 e. The zero-order chi connectivity index (χ0) is 14.7. The molecule has 0 aliphatic carbocycles. The van der Waals surface area contributed by atoms with Gasteiger partial charge in [0.15, 0.2) is 0 Å². The van der Waals surface area contributed by atoms with E-state index in [4.69, 9.17) is 4.74 Å². The average molecular weight is 288 g/mol. The maximum Gasteiger partial charge on any atom is 0.0469 e. The van der Waals surface area contributed by atoms with Crippen molar-refractivity contribution >= 4 is 5.69 Å². The van der Waals surface area contributed by atoms with Gasteiger partial charge in [-0.3, -0.25) is 0 Å². The summed E-state index contributed by atoms with van der Waals surface area (Å²) in [6, 6.07) is 12.6. The predicted molar refractivity (Wildman–Crippen MR) is 87.8 cm³/mol. The van der Waals surface area contributed by atoms with E-state index in [1.54, 1.807) is 0 Å². The SMILES string of the molecule is C[C@H](N[C@H]1C[C@H](C)N(c2ccccc2)C1)C1CCOCC1. The van der Waals surface area contributed by atoms with Gasteiger partial charge in [-0.2, -0.15) is 0 Å². The molecule has 116 valence electrons. The Kier molecular flexibility index (Phi) is 4.81. The highest BCUT2D eigenvalue weighted by atomic mass is 16.5. The summed E-state index contributed by atoms with van der Waals surface area (Å²) in [4.78, 5) is 2.54. The van der Waals surface area contributed by atoms with E-state index in [2.05, 4.69) is 54.4 Å². The number of para-hydroxylation sites is 1. The van der Waals surface area contributed by atoms with E-state index in [1.165, 1.54) is 24.9 Å². The van der Waals surface area contributed by atoms with E-state index in [9.17, 15) is 0 Å². The summed E-state index contributed by atoms with van der Waals surface area (Å²) in [5.41, 5.74) is 1.35. The number of nitrogens with one attached hydrogen (secondary N) is 1. The second-order valence-corrected chi connectivity index (χ2v) is 6.67. The van der Waals surface area contributed by atoms with E-state index < -0.39 is 0 Å². The van der Waals surface area contributed by atoms with Crippen molar-refractivity contribution in [3.05, 3.63) is 30.3 Å². The lowest BCUT2D eigenvalue weighted by atomic mass is 9.92. The number of rotatable bonds is 4. The van der Waals surface area contributed by atoms with Crippen LogP contribution >= 0.6 is 0 Å². The van der Waals surface area contributed by atoms with Crippen molar-refractivity contribution in [3.8, 4) is 0 Å². The van der Waals surface area contributed by atoms with Crippen molar-refractivity contribution in [2.45, 2.75) is 51.2 Å². The molecule has 0 aromatic heterocycles. The fraction of sp³-hybridized carbons (Fsp3) is 0.667. The summed E-state index contributed by atoms with van der Waals surface area (Å²) in [5.74, 6) is 0.778. The molecule has 2 aliphatic heterocycles. The van der Waals surface area contributed by atoms with E-state index in [1.807, 2.05) is 0 Å². The lowest BCUT2D eigenvalue weighted by Crippen LogP contribution is -2.43. The number of hydrogen-bond acceptors (Lipinski definition) is 3. The predicted octanol–water partition coefficient (Wildman–Crippen LogP) is 3.06. The number of benzene rings is 1. The molecule has 0 saturated carbocycles. The van der Waals surface area contributed by atoms with Gasteiger partial charge < -0.3 is 15.0 Å². The molecule has 3 heteroatoms. The van der Waals surface area contributed by atoms with Gasteiger partial charge in [-0.1, -0.05) is 18.2 Å². The lowest BCUT2D eigenvalue weighted by molar-refractivity contribution is 0.0547. The Morgan fingerprint density at radius 2 is 1.90 bits per heavy atom. The van der Waals surface area contributed by atoms with Gasteiger partial charge in [-0.15, -0.1) is 0 Å². The molecule has 0 bridgehead atoms. The molecule has 0 radical (unpaired) electrons. The third-order valence-electron chi connectivity index (χ3n) is 5.13. The summed E-state index contributed by atoms with van der Waals surface area (Å²) in [7, 11) is 0. The molecule has 3 rings (SSSR count). The zero-order valence-corrected chi connectivity index (χ0v) is 13.3. The standard InChI is InChI=1S/C18H28N2O/c1-14-12-17(13-20(14)18-6-4-3-5-7-18)19-15(2)16-8-10-21-11-9-16/h3-7,14-17,19H,8-13H2,1-2H3/t14-,15-,17-/m0/s1. The number of anilines is 1. The first-order valence-electron chi connectivity index (χ1n) is 8.39. The highest BCUT2D eigenvalue weighted by molar-refractivity contribution is 5.48. The summed E-state index contributed by atoms with van der Waals surface area (Å²) in [6.07, 6.45) is 3.65. The van der Waals surface area contributed by atoms with Gasteiger partial charge in [0.2, 0.25) is 0 Å². The van der Waals surface area contributed by atoms with Crippen molar-refractivity contribution in [1.82, 2.24) is 5.32 Å². The molecule has 3 nitrogen and oxygen atoms in total. The molecule has 2 fully saturated rings. The highest BCUT2D eigenvalue weighted by Gasteiger charge is 2.31. The molecule has 2 saturated heterocycles. The molecular formula is C18H28N2O. The van der Waals surface area contributed by atoms with Crippen LogP contribution in [-0.4, -0.2) is 37.9 Å². The average Bonchev–Trinajstić information content (AvgIpc) is 2.89. The van der Waals surface area contributed by atoms with Gasteiger partial charge in [0.25, 0.3) is 0 Å². The second-order valence-electron chi connectivity index (χ2n) is 6.67. The zero-order valence-electron chi connectivity index (χ0n) is 13.3. The van der Waals surface area contributed by atoms with Gasteiger partial charge >= 0.3 is 0 Å². The molecular weight excluding hydrogens is 260 g/mol. The number of ether oxygens (including phenoxy) is 1. The summed E-state index contributed by atoms with van der Waals surface area (Å²) in [6.45, 7) is 7.69. The van der Waals surface area contributed by atoms with Crippen molar-refractivity contribution in [3.63, 3.8) is 0 Å². The fourth-order valence-electron chi connectivity index (χ4n) is 3.85. The van der Waals surface area contributed by atoms with Crippen LogP contribution in [0.1, 0.15) is 33.1 Å². The van der Waals surface area contributed by atoms with Crippen LogP contribution in [0.15, 0.2) is 30.3 Å². The van der Waals surface area contributed by atoms with E-state index in [0.29, 0.717) is 18.1 Å². The van der Waals surface area contributed by atoms with Crippen LogP contribution in [-0.2, 0) is 4.74 Å². The molecule has 1 aromatic rings. The maximum atomic E-state index is 5.48. The molecule has 2 aliphatic rings. The molecule has 0 spiro atoms. The summed E-state index contributed by atoms with van der Waals surface area (Å²) >= 11 is 0. The van der Waals surface area contributed by atoms with Crippen LogP contribution in [0.3, 0.4) is 0 Å². The van der Waals surface area contributed by atoms with Crippen molar-refractivity contribution < 1.29 is 4.74 Å². The van der Waals surface area contributed by atoms with E-state index >= 15 is 0 Å². The molecule has 1 aromatic carbocycles. The van der Waals surface area contributed by atoms with Crippen LogP contribution in [0.2, 0.25) is 0 Å². The molecule has 3 atom stereocenters. The topological polar surface area (TPSA) is 24.5 Å². The smallest absolute Gasteiger partial charge is 0.0469 e. The third kappa shape index (κ3) is 3.58. The maximum absolute atomic E-state index is 5.48. The van der Waals surface area contributed by atoms with Crippen LogP contribution in [0.25, 0.3) is 0 Å². The van der Waals surface area contributed by atoms with Gasteiger partial charge in [0.05, 0.1) is 0 Å². The Balaban J connectivity index is 1.56. The first-order chi connectivity index (χ1) is 10.2. The Bertz CT molecular complexity index is 430.